The lowest BCUT2D eigenvalue weighted by atomic mass is 9.39. The quantitative estimate of drug-likeness (QED) is 0.585. The van der Waals surface area contributed by atoms with Crippen molar-refractivity contribution in [1.29, 1.82) is 0 Å². The number of halogens is 3. The number of benzene rings is 2. The molecule has 0 radical (unpaired) electrons. The van der Waals surface area contributed by atoms with Crippen molar-refractivity contribution in [2.75, 3.05) is 6.61 Å². The van der Waals surface area contributed by atoms with Crippen LogP contribution in [-0.4, -0.2) is 28.3 Å². The summed E-state index contributed by atoms with van der Waals surface area (Å²) in [6.07, 6.45) is 1.98. The van der Waals surface area contributed by atoms with Gasteiger partial charge < -0.3 is 19.2 Å². The molecule has 2 bridgehead atoms. The molecule has 1 aromatic heterocycles. The molecule has 1 amide bonds. The Morgan fingerprint density at radius 2 is 1.81 bits per heavy atom. The van der Waals surface area contributed by atoms with E-state index in [4.69, 9.17) is 25.5 Å². The molecule has 0 atom stereocenters. The van der Waals surface area contributed by atoms with Gasteiger partial charge in [0.25, 0.3) is 5.91 Å². The molecule has 0 saturated heterocycles. The van der Waals surface area contributed by atoms with Crippen molar-refractivity contribution in [2.24, 2.45) is 0 Å². The lowest BCUT2D eigenvalue weighted by Gasteiger charge is -2.68. The van der Waals surface area contributed by atoms with Gasteiger partial charge in [0, 0.05) is 11.6 Å². The molecule has 0 spiro atoms. The van der Waals surface area contributed by atoms with E-state index in [1.165, 1.54) is 36.4 Å². The van der Waals surface area contributed by atoms with Crippen LogP contribution in [0.5, 0.6) is 17.6 Å². The first-order chi connectivity index (χ1) is 14.8. The van der Waals surface area contributed by atoms with Gasteiger partial charge in [-0.1, -0.05) is 16.7 Å². The summed E-state index contributed by atoms with van der Waals surface area (Å²) in [5.41, 5.74) is -0.594. The average Bonchev–Trinajstić information content (AvgIpc) is 3.14. The van der Waals surface area contributed by atoms with Crippen LogP contribution in [0.25, 0.3) is 0 Å². The van der Waals surface area contributed by atoms with Crippen molar-refractivity contribution < 1.29 is 27.5 Å². The Bertz CT molecular complexity index is 1130. The summed E-state index contributed by atoms with van der Waals surface area (Å²) in [6.45, 7) is -0.230. The lowest BCUT2D eigenvalue weighted by Crippen LogP contribution is -2.77. The van der Waals surface area contributed by atoms with Gasteiger partial charge in [-0.15, -0.1) is 5.10 Å². The summed E-state index contributed by atoms with van der Waals surface area (Å²) in [5.74, 6) is -0.207. The van der Waals surface area contributed by atoms with Crippen molar-refractivity contribution in [3.8, 4) is 17.6 Å². The molecular weight excluding hydrogens is 432 g/mol. The van der Waals surface area contributed by atoms with Crippen molar-refractivity contribution >= 4 is 17.5 Å². The largest absolute Gasteiger partial charge is 0.484 e. The predicted octanol–water partition coefficient (Wildman–Crippen LogP) is 4.16. The van der Waals surface area contributed by atoms with E-state index in [2.05, 4.69) is 15.5 Å². The Balaban J connectivity index is 1.12. The molecule has 160 valence electrons. The van der Waals surface area contributed by atoms with Crippen molar-refractivity contribution in [3.63, 3.8) is 0 Å². The van der Waals surface area contributed by atoms with E-state index in [1.807, 2.05) is 0 Å². The van der Waals surface area contributed by atoms with E-state index < -0.39 is 5.82 Å². The fourth-order valence-electron chi connectivity index (χ4n) is 4.26. The smallest absolute Gasteiger partial charge is 0.420 e. The van der Waals surface area contributed by atoms with E-state index in [0.29, 0.717) is 30.9 Å². The number of rotatable bonds is 7. The zero-order valence-corrected chi connectivity index (χ0v) is 16.8. The second-order valence-electron chi connectivity index (χ2n) is 7.93. The van der Waals surface area contributed by atoms with Crippen molar-refractivity contribution in [1.82, 2.24) is 15.5 Å². The first-order valence-electron chi connectivity index (χ1n) is 9.51. The van der Waals surface area contributed by atoms with Crippen LogP contribution in [0.3, 0.4) is 0 Å². The predicted molar refractivity (Wildman–Crippen MR) is 104 cm³/mol. The van der Waals surface area contributed by atoms with Gasteiger partial charge in [-0.05, 0) is 55.7 Å². The van der Waals surface area contributed by atoms with Crippen LogP contribution < -0.4 is 14.8 Å². The summed E-state index contributed by atoms with van der Waals surface area (Å²) in [5, 5.41) is 10.9. The van der Waals surface area contributed by atoms with E-state index in [1.54, 1.807) is 0 Å². The maximum absolute atomic E-state index is 13.4. The minimum atomic E-state index is -0.608. The first-order valence-corrected chi connectivity index (χ1v) is 9.89. The Morgan fingerprint density at radius 1 is 1.10 bits per heavy atom. The standard InChI is InChI=1S/C21H16ClF2N3O4/c22-15-6-5-14(7-16(15)24)29-8-17(28)25-21-9-20(10-21,11-21)18-26-27-19(31-18)30-13-3-1-12(23)2-4-13/h1-7H,8-11H2,(H,25,28). The van der Waals surface area contributed by atoms with Crippen LogP contribution in [0, 0.1) is 11.6 Å². The van der Waals surface area contributed by atoms with E-state index in [-0.39, 0.29) is 46.1 Å². The number of carbonyl (C=O) groups excluding carboxylic acids is 1. The molecule has 0 unspecified atom stereocenters. The third-order valence-electron chi connectivity index (χ3n) is 5.57. The van der Waals surface area contributed by atoms with Gasteiger partial charge in [-0.3, -0.25) is 4.79 Å². The number of hydrogen-bond acceptors (Lipinski definition) is 6. The molecule has 7 nitrogen and oxygen atoms in total. The molecular formula is C21H16ClF2N3O4. The SMILES string of the molecule is O=C(COc1ccc(Cl)c(F)c1)NC12CC(c3nnc(Oc4ccc(F)cc4)o3)(C1)C2. The number of ether oxygens (including phenoxy) is 2. The van der Waals surface area contributed by atoms with E-state index >= 15 is 0 Å². The molecule has 1 N–H and O–H groups in total. The minimum absolute atomic E-state index is 0.0109. The second-order valence-corrected chi connectivity index (χ2v) is 8.34. The molecule has 3 aromatic rings. The van der Waals surface area contributed by atoms with Gasteiger partial charge in [0.2, 0.25) is 5.89 Å². The van der Waals surface area contributed by atoms with Crippen molar-refractivity contribution in [3.05, 3.63) is 65.0 Å². The van der Waals surface area contributed by atoms with E-state index in [0.717, 1.165) is 6.07 Å². The zero-order valence-electron chi connectivity index (χ0n) is 16.0. The van der Waals surface area contributed by atoms with Crippen LogP contribution in [0.4, 0.5) is 8.78 Å². The third-order valence-corrected chi connectivity index (χ3v) is 5.88. The molecule has 6 rings (SSSR count). The summed E-state index contributed by atoms with van der Waals surface area (Å²) < 4.78 is 42.8. The maximum atomic E-state index is 13.4. The summed E-state index contributed by atoms with van der Waals surface area (Å²) >= 11 is 5.62. The molecule has 3 aliphatic rings. The Hall–Kier alpha value is -3.20. The second kappa shape index (κ2) is 7.19. The van der Waals surface area contributed by atoms with Crippen LogP contribution >= 0.6 is 11.6 Å². The van der Waals surface area contributed by atoms with Gasteiger partial charge >= 0.3 is 6.08 Å². The summed E-state index contributed by atoms with van der Waals surface area (Å²) in [7, 11) is 0. The molecule has 3 aliphatic carbocycles. The monoisotopic (exact) mass is 447 g/mol. The number of amides is 1. The third kappa shape index (κ3) is 3.69. The van der Waals surface area contributed by atoms with Gasteiger partial charge in [-0.25, -0.2) is 8.78 Å². The molecule has 3 saturated carbocycles. The van der Waals surface area contributed by atoms with Crippen LogP contribution in [-0.2, 0) is 10.2 Å². The van der Waals surface area contributed by atoms with Gasteiger partial charge in [0.15, 0.2) is 6.61 Å². The number of hydrogen-bond donors (Lipinski definition) is 1. The van der Waals surface area contributed by atoms with Crippen LogP contribution in [0.1, 0.15) is 25.2 Å². The normalized spacial score (nSPS) is 23.5. The highest BCUT2D eigenvalue weighted by atomic mass is 35.5. The van der Waals surface area contributed by atoms with Gasteiger partial charge in [0.05, 0.1) is 10.4 Å². The minimum Gasteiger partial charge on any atom is -0.484 e. The Labute approximate surface area is 180 Å². The maximum Gasteiger partial charge on any atom is 0.420 e. The van der Waals surface area contributed by atoms with Crippen LogP contribution in [0.2, 0.25) is 5.02 Å². The zero-order chi connectivity index (χ0) is 21.6. The molecule has 31 heavy (non-hydrogen) atoms. The van der Waals surface area contributed by atoms with Gasteiger partial charge in [-0.2, -0.15) is 0 Å². The van der Waals surface area contributed by atoms with Crippen molar-refractivity contribution in [2.45, 2.75) is 30.2 Å². The molecule has 3 fully saturated rings. The molecule has 2 aromatic carbocycles. The first kappa shape index (κ1) is 19.7. The molecule has 0 aliphatic heterocycles. The highest BCUT2D eigenvalue weighted by molar-refractivity contribution is 6.30. The lowest BCUT2D eigenvalue weighted by molar-refractivity contribution is -0.143. The van der Waals surface area contributed by atoms with E-state index in [9.17, 15) is 13.6 Å². The van der Waals surface area contributed by atoms with Crippen LogP contribution in [0.15, 0.2) is 46.9 Å². The molecule has 10 heteroatoms. The Kier molecular flexibility index (Phi) is 4.58. The number of carbonyl (C=O) groups is 1. The molecule has 1 heterocycles. The summed E-state index contributed by atoms with van der Waals surface area (Å²) in [4.78, 5) is 12.2. The number of aromatic nitrogens is 2. The fourth-order valence-corrected chi connectivity index (χ4v) is 4.38. The fraction of sp³-hybridized carbons (Fsp3) is 0.286. The summed E-state index contributed by atoms with van der Waals surface area (Å²) in [6, 6.07) is 9.47. The highest BCUT2D eigenvalue weighted by Gasteiger charge is 2.71. The Morgan fingerprint density at radius 3 is 2.52 bits per heavy atom. The highest BCUT2D eigenvalue weighted by Crippen LogP contribution is 2.67. The number of nitrogens with one attached hydrogen (secondary N) is 1. The average molecular weight is 448 g/mol. The number of nitrogens with zero attached hydrogens (tertiary/aromatic N) is 2. The topological polar surface area (TPSA) is 86.5 Å². The van der Waals surface area contributed by atoms with Gasteiger partial charge in [0.1, 0.15) is 23.1 Å².